The molecular formula is C4H6ClNO. The molecule has 0 aliphatic carbocycles. The molecule has 0 aliphatic heterocycles. The first-order chi connectivity index (χ1) is 3.18. The highest BCUT2D eigenvalue weighted by Crippen LogP contribution is 1.97. The van der Waals surface area contributed by atoms with E-state index >= 15 is 0 Å². The normalized spacial score (nSPS) is 17.4. The van der Waals surface area contributed by atoms with E-state index in [1.165, 1.54) is 6.92 Å². The van der Waals surface area contributed by atoms with Gasteiger partial charge in [0.15, 0.2) is 0 Å². The largest absolute Gasteiger partial charge is 0.391 e. The van der Waals surface area contributed by atoms with E-state index in [1.807, 2.05) is 0 Å². The number of nitriles is 1. The molecule has 2 atom stereocenters. The van der Waals surface area contributed by atoms with Crippen LogP contribution >= 0.6 is 11.6 Å². The Morgan fingerprint density at radius 1 is 1.86 bits per heavy atom. The minimum atomic E-state index is -0.764. The monoisotopic (exact) mass is 119 g/mol. The summed E-state index contributed by atoms with van der Waals surface area (Å²) in [4.78, 5) is 0. The van der Waals surface area contributed by atoms with Gasteiger partial charge in [-0.2, -0.15) is 5.26 Å². The van der Waals surface area contributed by atoms with Gasteiger partial charge in [-0.15, -0.1) is 11.6 Å². The standard InChI is InChI=1S/C4H6ClNO/c1-3(7)4(5)2-6/h3-4,7H,1H3/t3-,4+/m1/s1. The number of rotatable bonds is 1. The van der Waals surface area contributed by atoms with E-state index in [-0.39, 0.29) is 0 Å². The molecule has 7 heavy (non-hydrogen) atoms. The van der Waals surface area contributed by atoms with Gasteiger partial charge in [0.05, 0.1) is 12.2 Å². The molecule has 0 aromatic carbocycles. The van der Waals surface area contributed by atoms with Gasteiger partial charge in [0.25, 0.3) is 0 Å². The molecule has 0 aromatic rings. The van der Waals surface area contributed by atoms with Crippen LogP contribution in [-0.4, -0.2) is 16.6 Å². The minimum Gasteiger partial charge on any atom is -0.391 e. The summed E-state index contributed by atoms with van der Waals surface area (Å²) in [7, 11) is 0. The molecule has 0 aliphatic rings. The summed E-state index contributed by atoms with van der Waals surface area (Å²) >= 11 is 5.19. The van der Waals surface area contributed by atoms with Gasteiger partial charge < -0.3 is 5.11 Å². The zero-order valence-electron chi connectivity index (χ0n) is 3.93. The lowest BCUT2D eigenvalue weighted by molar-refractivity contribution is 0.203. The second-order valence-corrected chi connectivity index (χ2v) is 1.74. The molecule has 0 saturated heterocycles. The van der Waals surface area contributed by atoms with Gasteiger partial charge in [-0.05, 0) is 6.92 Å². The average molecular weight is 120 g/mol. The molecule has 2 nitrogen and oxygen atoms in total. The lowest BCUT2D eigenvalue weighted by Gasteiger charge is -1.99. The maximum atomic E-state index is 8.47. The minimum absolute atomic E-state index is 0.730. The van der Waals surface area contributed by atoms with Crippen molar-refractivity contribution in [2.75, 3.05) is 0 Å². The van der Waals surface area contributed by atoms with Crippen molar-refractivity contribution in [1.82, 2.24) is 0 Å². The van der Waals surface area contributed by atoms with Crippen molar-refractivity contribution in [3.8, 4) is 6.07 Å². The summed E-state index contributed by atoms with van der Waals surface area (Å²) < 4.78 is 0. The molecule has 0 amide bonds. The highest BCUT2D eigenvalue weighted by atomic mass is 35.5. The van der Waals surface area contributed by atoms with E-state index in [4.69, 9.17) is 22.0 Å². The third-order valence-corrected chi connectivity index (χ3v) is 1.01. The molecule has 3 heteroatoms. The van der Waals surface area contributed by atoms with Crippen LogP contribution in [0.15, 0.2) is 0 Å². The Balaban J connectivity index is 3.40. The first kappa shape index (κ1) is 6.74. The lowest BCUT2D eigenvalue weighted by Crippen LogP contribution is -2.13. The molecule has 40 valence electrons. The van der Waals surface area contributed by atoms with Crippen molar-refractivity contribution < 1.29 is 5.11 Å². The SMILES string of the molecule is C[C@@H](O)[C@@H](Cl)C#N. The van der Waals surface area contributed by atoms with E-state index in [0.29, 0.717) is 0 Å². The Labute approximate surface area is 47.3 Å². The predicted octanol–water partition coefficient (Wildman–Crippen LogP) is 0.498. The van der Waals surface area contributed by atoms with Crippen LogP contribution in [0.25, 0.3) is 0 Å². The molecular weight excluding hydrogens is 114 g/mol. The van der Waals surface area contributed by atoms with Gasteiger partial charge in [-0.3, -0.25) is 0 Å². The molecule has 0 aromatic heterocycles. The van der Waals surface area contributed by atoms with E-state index < -0.39 is 11.5 Å². The van der Waals surface area contributed by atoms with Crippen LogP contribution in [0.4, 0.5) is 0 Å². The number of hydrogen-bond donors (Lipinski definition) is 1. The summed E-state index contributed by atoms with van der Waals surface area (Å²) in [6.07, 6.45) is -0.730. The molecule has 0 bridgehead atoms. The van der Waals surface area contributed by atoms with Crippen molar-refractivity contribution in [2.24, 2.45) is 0 Å². The van der Waals surface area contributed by atoms with Crippen LogP contribution in [0.5, 0.6) is 0 Å². The van der Waals surface area contributed by atoms with Crippen molar-refractivity contribution >= 4 is 11.6 Å². The van der Waals surface area contributed by atoms with Crippen LogP contribution in [-0.2, 0) is 0 Å². The number of nitrogens with zero attached hydrogens (tertiary/aromatic N) is 1. The van der Waals surface area contributed by atoms with Crippen LogP contribution in [0.1, 0.15) is 6.92 Å². The number of halogens is 1. The van der Waals surface area contributed by atoms with Gasteiger partial charge in [0, 0.05) is 0 Å². The van der Waals surface area contributed by atoms with Crippen molar-refractivity contribution in [3.63, 3.8) is 0 Å². The number of alkyl halides is 1. The van der Waals surface area contributed by atoms with E-state index in [2.05, 4.69) is 0 Å². The Hall–Kier alpha value is -0.260. The van der Waals surface area contributed by atoms with Gasteiger partial charge in [0.2, 0.25) is 0 Å². The summed E-state index contributed by atoms with van der Waals surface area (Å²) in [6.45, 7) is 1.47. The zero-order valence-corrected chi connectivity index (χ0v) is 4.68. The van der Waals surface area contributed by atoms with Crippen molar-refractivity contribution in [2.45, 2.75) is 18.4 Å². The molecule has 0 saturated carbocycles. The first-order valence-corrected chi connectivity index (χ1v) is 2.34. The molecule has 0 radical (unpaired) electrons. The van der Waals surface area contributed by atoms with Crippen LogP contribution in [0.2, 0.25) is 0 Å². The summed E-state index contributed by atoms with van der Waals surface area (Å²) in [5.74, 6) is 0. The third-order valence-electron chi connectivity index (χ3n) is 0.547. The van der Waals surface area contributed by atoms with Gasteiger partial charge in [-0.1, -0.05) is 0 Å². The molecule has 0 rings (SSSR count). The zero-order chi connectivity index (χ0) is 5.86. The molecule has 0 unspecified atom stereocenters. The maximum Gasteiger partial charge on any atom is 0.146 e. The fourth-order valence-electron chi connectivity index (χ4n) is 0.108. The van der Waals surface area contributed by atoms with Gasteiger partial charge in [-0.25, -0.2) is 0 Å². The van der Waals surface area contributed by atoms with Gasteiger partial charge >= 0.3 is 0 Å². The number of aliphatic hydroxyl groups is 1. The smallest absolute Gasteiger partial charge is 0.146 e. The third kappa shape index (κ3) is 2.44. The molecule has 0 spiro atoms. The lowest BCUT2D eigenvalue weighted by atomic mass is 10.3. The number of aliphatic hydroxyl groups excluding tert-OH is 1. The van der Waals surface area contributed by atoms with Crippen LogP contribution < -0.4 is 0 Å². The van der Waals surface area contributed by atoms with E-state index in [9.17, 15) is 0 Å². The number of hydrogen-bond acceptors (Lipinski definition) is 2. The molecule has 0 fully saturated rings. The Bertz CT molecular complexity index is 86.2. The second kappa shape index (κ2) is 2.84. The Morgan fingerprint density at radius 2 is 2.29 bits per heavy atom. The van der Waals surface area contributed by atoms with Gasteiger partial charge in [0.1, 0.15) is 5.38 Å². The molecule has 0 heterocycles. The van der Waals surface area contributed by atoms with Crippen molar-refractivity contribution in [1.29, 1.82) is 5.26 Å². The van der Waals surface area contributed by atoms with E-state index in [1.54, 1.807) is 6.07 Å². The maximum absolute atomic E-state index is 8.47. The fraction of sp³-hybridized carbons (Fsp3) is 0.750. The highest BCUT2D eigenvalue weighted by molar-refractivity contribution is 6.22. The topological polar surface area (TPSA) is 44.0 Å². The van der Waals surface area contributed by atoms with E-state index in [0.717, 1.165) is 0 Å². The fourth-order valence-corrected chi connectivity index (χ4v) is 0.108. The molecule has 1 N–H and O–H groups in total. The summed E-state index contributed by atoms with van der Waals surface area (Å²) in [6, 6.07) is 1.68. The summed E-state index contributed by atoms with van der Waals surface area (Å²) in [5, 5.41) is 15.7. The summed E-state index contributed by atoms with van der Waals surface area (Å²) in [5.41, 5.74) is 0. The average Bonchev–Trinajstić information content (AvgIpc) is 1.65. The quantitative estimate of drug-likeness (QED) is 0.511. The van der Waals surface area contributed by atoms with Crippen molar-refractivity contribution in [3.05, 3.63) is 0 Å². The second-order valence-electron chi connectivity index (χ2n) is 1.27. The Morgan fingerprint density at radius 3 is 2.29 bits per heavy atom. The predicted molar refractivity (Wildman–Crippen MR) is 26.9 cm³/mol. The Kier molecular flexibility index (Phi) is 2.73. The first-order valence-electron chi connectivity index (χ1n) is 1.90. The van der Waals surface area contributed by atoms with Crippen LogP contribution in [0.3, 0.4) is 0 Å². The highest BCUT2D eigenvalue weighted by Gasteiger charge is 2.07. The van der Waals surface area contributed by atoms with Crippen LogP contribution in [0, 0.1) is 11.3 Å².